The normalized spacial score (nSPS) is 16.4. The standard InChI is InChI=1S/C28H24BrF2N5O/c1-17-16-35(27-24(29)28(37)34(3)22-12-13-23(32-2)33-25(22)27)14-15-36(17)26(18-4-8-20(30)9-5-18)19-6-10-21(31)11-7-19/h4-13,17,26H,14-16H2,1,3H3/t17-/m1/s1. The van der Waals surface area contributed by atoms with Crippen LogP contribution in [0.1, 0.15) is 24.1 Å². The topological polar surface area (TPSA) is 45.7 Å². The van der Waals surface area contributed by atoms with Crippen LogP contribution >= 0.6 is 15.9 Å². The van der Waals surface area contributed by atoms with E-state index in [1.165, 1.54) is 28.8 Å². The summed E-state index contributed by atoms with van der Waals surface area (Å²) in [6.45, 7) is 11.3. The van der Waals surface area contributed by atoms with Crippen molar-refractivity contribution >= 4 is 38.5 Å². The summed E-state index contributed by atoms with van der Waals surface area (Å²) in [7, 11) is 1.69. The fourth-order valence-corrected chi connectivity index (χ4v) is 5.83. The van der Waals surface area contributed by atoms with Crippen molar-refractivity contribution in [1.82, 2.24) is 14.5 Å². The molecule has 188 valence electrons. The van der Waals surface area contributed by atoms with E-state index in [1.54, 1.807) is 43.4 Å². The number of aryl methyl sites for hydroxylation is 1. The van der Waals surface area contributed by atoms with Crippen LogP contribution in [-0.4, -0.2) is 40.1 Å². The Morgan fingerprint density at radius 1 is 1.00 bits per heavy atom. The highest BCUT2D eigenvalue weighted by Gasteiger charge is 2.34. The summed E-state index contributed by atoms with van der Waals surface area (Å²) in [5, 5.41) is 0. The summed E-state index contributed by atoms with van der Waals surface area (Å²) in [6, 6.07) is 16.0. The van der Waals surface area contributed by atoms with Gasteiger partial charge in [-0.1, -0.05) is 30.8 Å². The van der Waals surface area contributed by atoms with Gasteiger partial charge >= 0.3 is 0 Å². The number of halogens is 3. The number of nitrogens with zero attached hydrogens (tertiary/aromatic N) is 5. The number of hydrogen-bond donors (Lipinski definition) is 0. The van der Waals surface area contributed by atoms with Crippen molar-refractivity contribution in [2.45, 2.75) is 19.0 Å². The number of rotatable bonds is 4. The van der Waals surface area contributed by atoms with E-state index in [-0.39, 0.29) is 35.1 Å². The quantitative estimate of drug-likeness (QED) is 0.293. The number of anilines is 1. The molecule has 0 saturated carbocycles. The van der Waals surface area contributed by atoms with Crippen LogP contribution in [0.3, 0.4) is 0 Å². The number of fused-ring (bicyclic) bond motifs is 1. The average molecular weight is 564 g/mol. The summed E-state index contributed by atoms with van der Waals surface area (Å²) < 4.78 is 29.4. The number of benzene rings is 2. The second kappa shape index (κ2) is 10.0. The highest BCUT2D eigenvalue weighted by atomic mass is 79.9. The van der Waals surface area contributed by atoms with Crippen LogP contribution in [0.25, 0.3) is 15.9 Å². The molecule has 2 aromatic heterocycles. The molecule has 5 rings (SSSR count). The summed E-state index contributed by atoms with van der Waals surface area (Å²) in [6.07, 6.45) is 0. The van der Waals surface area contributed by atoms with Gasteiger partial charge in [-0.3, -0.25) is 9.69 Å². The Morgan fingerprint density at radius 3 is 2.14 bits per heavy atom. The van der Waals surface area contributed by atoms with Gasteiger partial charge in [-0.25, -0.2) is 8.78 Å². The lowest BCUT2D eigenvalue weighted by Gasteiger charge is -2.45. The molecule has 9 heteroatoms. The van der Waals surface area contributed by atoms with Crippen molar-refractivity contribution in [2.24, 2.45) is 7.05 Å². The lowest BCUT2D eigenvalue weighted by Crippen LogP contribution is -2.53. The number of hydrogen-bond acceptors (Lipinski definition) is 4. The van der Waals surface area contributed by atoms with Crippen LogP contribution in [-0.2, 0) is 7.05 Å². The Morgan fingerprint density at radius 2 is 1.59 bits per heavy atom. The molecule has 6 nitrogen and oxygen atoms in total. The van der Waals surface area contributed by atoms with Gasteiger partial charge in [0.2, 0.25) is 5.52 Å². The molecule has 0 unspecified atom stereocenters. The van der Waals surface area contributed by atoms with Gasteiger partial charge in [0.25, 0.3) is 11.4 Å². The maximum Gasteiger partial charge on any atom is 0.270 e. The summed E-state index contributed by atoms with van der Waals surface area (Å²) in [5.74, 6) is -0.361. The van der Waals surface area contributed by atoms with E-state index in [1.807, 2.05) is 0 Å². The number of aromatic nitrogens is 2. The molecule has 0 radical (unpaired) electrons. The van der Waals surface area contributed by atoms with Crippen LogP contribution in [0.4, 0.5) is 20.3 Å². The zero-order valence-electron chi connectivity index (χ0n) is 20.3. The van der Waals surface area contributed by atoms with Crippen LogP contribution in [0.2, 0.25) is 0 Å². The maximum absolute atomic E-state index is 13.7. The first-order chi connectivity index (χ1) is 17.8. The molecule has 37 heavy (non-hydrogen) atoms. The minimum atomic E-state index is -0.312. The van der Waals surface area contributed by atoms with Crippen LogP contribution in [0, 0.1) is 18.2 Å². The van der Waals surface area contributed by atoms with Crippen LogP contribution in [0.5, 0.6) is 0 Å². The molecule has 1 aliphatic rings. The van der Waals surface area contributed by atoms with Crippen molar-refractivity contribution < 1.29 is 8.78 Å². The van der Waals surface area contributed by atoms with Gasteiger partial charge in [-0.2, -0.15) is 0 Å². The highest BCUT2D eigenvalue weighted by molar-refractivity contribution is 9.10. The lowest BCUT2D eigenvalue weighted by molar-refractivity contribution is 0.150. The first-order valence-corrected chi connectivity index (χ1v) is 12.7. The smallest absolute Gasteiger partial charge is 0.270 e. The molecule has 1 aliphatic heterocycles. The van der Waals surface area contributed by atoms with E-state index in [2.05, 4.69) is 42.5 Å². The molecule has 3 heterocycles. The van der Waals surface area contributed by atoms with Crippen molar-refractivity contribution in [3.8, 4) is 0 Å². The Hall–Kier alpha value is -3.61. The van der Waals surface area contributed by atoms with Gasteiger partial charge in [0.05, 0.1) is 11.6 Å². The van der Waals surface area contributed by atoms with Gasteiger partial charge in [0, 0.05) is 32.7 Å². The maximum atomic E-state index is 13.7. The molecule has 0 N–H and O–H groups in total. The summed E-state index contributed by atoms with van der Waals surface area (Å²) in [5.41, 5.74) is 3.58. The highest BCUT2D eigenvalue weighted by Crippen LogP contribution is 2.37. The number of piperazine rings is 1. The number of pyridine rings is 2. The van der Waals surface area contributed by atoms with E-state index in [4.69, 9.17) is 6.57 Å². The average Bonchev–Trinajstić information content (AvgIpc) is 2.90. The van der Waals surface area contributed by atoms with Gasteiger partial charge in [0.15, 0.2) is 0 Å². The molecule has 0 bridgehead atoms. The molecule has 0 amide bonds. The molecule has 4 aromatic rings. The Bertz CT molecular complexity index is 1520. The molecule has 1 atom stereocenters. The fraction of sp³-hybridized carbons (Fsp3) is 0.250. The Kier molecular flexibility index (Phi) is 6.80. The van der Waals surface area contributed by atoms with Gasteiger partial charge in [-0.05, 0) is 70.4 Å². The van der Waals surface area contributed by atoms with Crippen molar-refractivity contribution in [3.05, 3.63) is 110 Å². The van der Waals surface area contributed by atoms with Gasteiger partial charge in [0.1, 0.15) is 21.8 Å². The predicted octanol–water partition coefficient (Wildman–Crippen LogP) is 5.83. The van der Waals surface area contributed by atoms with Crippen LogP contribution in [0.15, 0.2) is 69.9 Å². The van der Waals surface area contributed by atoms with E-state index >= 15 is 0 Å². The Balaban J connectivity index is 1.54. The van der Waals surface area contributed by atoms with Crippen molar-refractivity contribution in [1.29, 1.82) is 0 Å². The Labute approximate surface area is 221 Å². The molecule has 0 aliphatic carbocycles. The zero-order valence-corrected chi connectivity index (χ0v) is 21.9. The summed E-state index contributed by atoms with van der Waals surface area (Å²) in [4.78, 5) is 25.5. The van der Waals surface area contributed by atoms with E-state index < -0.39 is 0 Å². The lowest BCUT2D eigenvalue weighted by atomic mass is 9.94. The third kappa shape index (κ3) is 4.63. The first-order valence-electron chi connectivity index (χ1n) is 11.9. The molecule has 0 spiro atoms. The van der Waals surface area contributed by atoms with Gasteiger partial charge < -0.3 is 14.3 Å². The summed E-state index contributed by atoms with van der Waals surface area (Å²) >= 11 is 3.51. The monoisotopic (exact) mass is 563 g/mol. The third-order valence-corrected chi connectivity index (χ3v) is 7.67. The molecule has 1 fully saturated rings. The molecule has 1 saturated heterocycles. The van der Waals surface area contributed by atoms with Crippen molar-refractivity contribution in [2.75, 3.05) is 24.5 Å². The van der Waals surface area contributed by atoms with E-state index in [9.17, 15) is 13.6 Å². The van der Waals surface area contributed by atoms with E-state index in [0.717, 1.165) is 11.1 Å². The van der Waals surface area contributed by atoms with Crippen molar-refractivity contribution in [3.63, 3.8) is 0 Å². The molecular weight excluding hydrogens is 540 g/mol. The molecular formula is C28H24BrF2N5O. The molecule has 2 aromatic carbocycles. The predicted molar refractivity (Wildman–Crippen MR) is 144 cm³/mol. The zero-order chi connectivity index (χ0) is 26.3. The minimum absolute atomic E-state index is 0.0175. The van der Waals surface area contributed by atoms with Crippen LogP contribution < -0.4 is 10.5 Å². The largest absolute Gasteiger partial charge is 0.364 e. The fourth-order valence-electron chi connectivity index (χ4n) is 5.12. The first kappa shape index (κ1) is 25.1. The third-order valence-electron chi connectivity index (χ3n) is 6.96. The second-order valence-electron chi connectivity index (χ2n) is 9.21. The van der Waals surface area contributed by atoms with E-state index in [0.29, 0.717) is 40.8 Å². The van der Waals surface area contributed by atoms with Gasteiger partial charge in [-0.15, -0.1) is 4.98 Å². The SMILES string of the molecule is [C-]#[N+]c1ccc2c(n1)c(N1CCN(C(c3ccc(F)cc3)c3ccc(F)cc3)[C@H](C)C1)c(Br)c(=O)n2C. The second-order valence-corrected chi connectivity index (χ2v) is 10.0. The minimum Gasteiger partial charge on any atom is -0.364 e.